The summed E-state index contributed by atoms with van der Waals surface area (Å²) in [6, 6.07) is 12.2. The highest BCUT2D eigenvalue weighted by Crippen LogP contribution is 2.34. The summed E-state index contributed by atoms with van der Waals surface area (Å²) in [5, 5.41) is 3.11. The summed E-state index contributed by atoms with van der Waals surface area (Å²) in [7, 11) is 1.31. The van der Waals surface area contributed by atoms with Gasteiger partial charge in [-0.05, 0) is 40.2 Å². The lowest BCUT2D eigenvalue weighted by Crippen LogP contribution is -2.15. The number of benzene rings is 2. The molecule has 0 saturated heterocycles. The van der Waals surface area contributed by atoms with E-state index in [0.717, 1.165) is 5.69 Å². The van der Waals surface area contributed by atoms with Gasteiger partial charge in [0, 0.05) is 11.8 Å². The van der Waals surface area contributed by atoms with Crippen LogP contribution in [-0.2, 0) is 4.74 Å². The van der Waals surface area contributed by atoms with Crippen molar-refractivity contribution in [2.75, 3.05) is 25.6 Å². The molecule has 1 N–H and O–H groups in total. The van der Waals surface area contributed by atoms with E-state index in [1.165, 1.54) is 7.11 Å². The minimum absolute atomic E-state index is 0.247. The molecule has 0 amide bonds. The maximum atomic E-state index is 12.0. The number of hydrogen-bond donors (Lipinski definition) is 1. The van der Waals surface area contributed by atoms with Crippen LogP contribution in [0.4, 0.5) is 11.6 Å². The number of carbonyl (C=O) groups excluding carboxylic acids is 1. The number of anilines is 2. The van der Waals surface area contributed by atoms with Crippen LogP contribution in [0.1, 0.15) is 10.4 Å². The third kappa shape index (κ3) is 4.24. The average Bonchev–Trinajstić information content (AvgIpc) is 2.76. The third-order valence-electron chi connectivity index (χ3n) is 4.01. The van der Waals surface area contributed by atoms with E-state index in [9.17, 15) is 4.79 Å². The van der Waals surface area contributed by atoms with E-state index in [4.69, 9.17) is 18.9 Å². The number of methoxy groups -OCH3 is 1. The van der Waals surface area contributed by atoms with Crippen molar-refractivity contribution in [3.8, 4) is 23.1 Å². The number of rotatable bonds is 5. The lowest BCUT2D eigenvalue weighted by atomic mass is 10.2. The lowest BCUT2D eigenvalue weighted by molar-refractivity contribution is 0.0598. The largest absolute Gasteiger partial charge is 0.486 e. The molecule has 0 spiro atoms. The Hall–Kier alpha value is -3.33. The van der Waals surface area contributed by atoms with Gasteiger partial charge >= 0.3 is 5.97 Å². The van der Waals surface area contributed by atoms with Crippen LogP contribution in [-0.4, -0.2) is 36.3 Å². The summed E-state index contributed by atoms with van der Waals surface area (Å²) >= 11 is 3.37. The Morgan fingerprint density at radius 1 is 1.14 bits per heavy atom. The van der Waals surface area contributed by atoms with Crippen LogP contribution in [0.15, 0.2) is 53.1 Å². The summed E-state index contributed by atoms with van der Waals surface area (Å²) in [5.41, 5.74) is 1.03. The number of aromatic nitrogens is 2. The molecule has 1 aliphatic heterocycles. The first kappa shape index (κ1) is 19.0. The van der Waals surface area contributed by atoms with Crippen molar-refractivity contribution in [1.29, 1.82) is 0 Å². The second kappa shape index (κ2) is 8.36. The van der Waals surface area contributed by atoms with Crippen LogP contribution in [0.5, 0.6) is 23.1 Å². The Labute approximate surface area is 174 Å². The van der Waals surface area contributed by atoms with Gasteiger partial charge in [-0.15, -0.1) is 0 Å². The van der Waals surface area contributed by atoms with Crippen LogP contribution in [0.2, 0.25) is 0 Å². The molecular weight excluding hydrogens is 442 g/mol. The van der Waals surface area contributed by atoms with Crippen molar-refractivity contribution in [2.45, 2.75) is 0 Å². The smallest absolute Gasteiger partial charge is 0.341 e. The molecule has 29 heavy (non-hydrogen) atoms. The van der Waals surface area contributed by atoms with E-state index < -0.39 is 5.97 Å². The quantitative estimate of drug-likeness (QED) is 0.565. The zero-order valence-corrected chi connectivity index (χ0v) is 16.9. The van der Waals surface area contributed by atoms with E-state index in [1.807, 2.05) is 18.2 Å². The van der Waals surface area contributed by atoms with Crippen LogP contribution in [0.3, 0.4) is 0 Å². The number of nitrogens with one attached hydrogen (secondary N) is 1. The predicted octanol–water partition coefficient (Wildman–Crippen LogP) is 4.33. The summed E-state index contributed by atoms with van der Waals surface area (Å²) in [6.45, 7) is 1.03. The van der Waals surface area contributed by atoms with E-state index >= 15 is 0 Å². The van der Waals surface area contributed by atoms with E-state index in [0.29, 0.717) is 46.4 Å². The molecule has 1 aromatic heterocycles. The van der Waals surface area contributed by atoms with Gasteiger partial charge in [0.15, 0.2) is 11.5 Å². The fourth-order valence-corrected chi connectivity index (χ4v) is 2.94. The molecule has 0 atom stereocenters. The van der Waals surface area contributed by atoms with Gasteiger partial charge in [-0.2, -0.15) is 4.98 Å². The SMILES string of the molecule is COC(=O)c1ccccc1Oc1nc(Nc2ccc3c(c2)OCCO3)ncc1Br. The van der Waals surface area contributed by atoms with Gasteiger partial charge in [0.1, 0.15) is 24.5 Å². The topological polar surface area (TPSA) is 91.8 Å². The minimum Gasteiger partial charge on any atom is -0.486 e. The molecule has 2 heterocycles. The average molecular weight is 458 g/mol. The van der Waals surface area contributed by atoms with Crippen molar-refractivity contribution in [1.82, 2.24) is 9.97 Å². The molecule has 148 valence electrons. The molecule has 8 nitrogen and oxygen atoms in total. The van der Waals surface area contributed by atoms with Crippen molar-refractivity contribution in [3.05, 3.63) is 58.7 Å². The van der Waals surface area contributed by atoms with Crippen LogP contribution < -0.4 is 19.5 Å². The maximum absolute atomic E-state index is 12.0. The number of esters is 1. The fraction of sp³-hybridized carbons (Fsp3) is 0.150. The maximum Gasteiger partial charge on any atom is 0.341 e. The fourth-order valence-electron chi connectivity index (χ4n) is 2.67. The highest BCUT2D eigenvalue weighted by Gasteiger charge is 2.16. The second-order valence-corrected chi connectivity index (χ2v) is 6.77. The molecule has 2 aromatic carbocycles. The number of fused-ring (bicyclic) bond motifs is 1. The van der Waals surface area contributed by atoms with Gasteiger partial charge in [0.2, 0.25) is 11.8 Å². The van der Waals surface area contributed by atoms with Gasteiger partial charge in [0.05, 0.1) is 17.8 Å². The number of halogens is 1. The Morgan fingerprint density at radius 2 is 1.93 bits per heavy atom. The molecule has 0 fully saturated rings. The predicted molar refractivity (Wildman–Crippen MR) is 108 cm³/mol. The summed E-state index contributed by atoms with van der Waals surface area (Å²) in [4.78, 5) is 20.6. The monoisotopic (exact) mass is 457 g/mol. The van der Waals surface area contributed by atoms with Crippen LogP contribution in [0, 0.1) is 0 Å². The number of nitrogens with zero attached hydrogens (tertiary/aromatic N) is 2. The second-order valence-electron chi connectivity index (χ2n) is 5.92. The van der Waals surface area contributed by atoms with Crippen molar-refractivity contribution in [2.24, 2.45) is 0 Å². The van der Waals surface area contributed by atoms with Gasteiger partial charge in [0.25, 0.3) is 0 Å². The van der Waals surface area contributed by atoms with Crippen molar-refractivity contribution < 1.29 is 23.7 Å². The molecule has 9 heteroatoms. The molecule has 0 unspecified atom stereocenters. The Bertz CT molecular complexity index is 1060. The first-order valence-electron chi connectivity index (χ1n) is 8.68. The van der Waals surface area contributed by atoms with Crippen LogP contribution in [0.25, 0.3) is 0 Å². The molecule has 0 bridgehead atoms. The highest BCUT2D eigenvalue weighted by molar-refractivity contribution is 9.10. The number of carbonyl (C=O) groups is 1. The molecule has 0 radical (unpaired) electrons. The van der Waals surface area contributed by atoms with Gasteiger partial charge in [-0.3, -0.25) is 0 Å². The summed E-state index contributed by atoms with van der Waals surface area (Å²) in [6.07, 6.45) is 1.56. The summed E-state index contributed by atoms with van der Waals surface area (Å²) in [5.74, 6) is 1.74. The van der Waals surface area contributed by atoms with Gasteiger partial charge in [-0.1, -0.05) is 12.1 Å². The summed E-state index contributed by atoms with van der Waals surface area (Å²) < 4.78 is 22.3. The Kier molecular flexibility index (Phi) is 5.48. The Morgan fingerprint density at radius 3 is 2.76 bits per heavy atom. The molecule has 0 saturated carbocycles. The molecule has 4 rings (SSSR count). The van der Waals surface area contributed by atoms with Crippen molar-refractivity contribution in [3.63, 3.8) is 0 Å². The first-order valence-corrected chi connectivity index (χ1v) is 9.48. The number of ether oxygens (including phenoxy) is 4. The first-order chi connectivity index (χ1) is 14.1. The highest BCUT2D eigenvalue weighted by atomic mass is 79.9. The number of para-hydroxylation sites is 1. The lowest BCUT2D eigenvalue weighted by Gasteiger charge is -2.19. The minimum atomic E-state index is -0.500. The third-order valence-corrected chi connectivity index (χ3v) is 4.55. The number of hydrogen-bond acceptors (Lipinski definition) is 8. The normalized spacial score (nSPS) is 12.2. The standard InChI is InChI=1S/C20H16BrN3O5/c1-26-19(25)13-4-2-3-5-15(13)29-18-14(21)11-22-20(24-18)23-12-6-7-16-17(10-12)28-9-8-27-16/h2-7,10-11H,8-9H2,1H3,(H,22,23,24). The van der Waals surface area contributed by atoms with Gasteiger partial charge < -0.3 is 24.3 Å². The van der Waals surface area contributed by atoms with Gasteiger partial charge in [-0.25, -0.2) is 9.78 Å². The molecule has 3 aromatic rings. The zero-order chi connectivity index (χ0) is 20.2. The van der Waals surface area contributed by atoms with E-state index in [2.05, 4.69) is 31.2 Å². The van der Waals surface area contributed by atoms with E-state index in [-0.39, 0.29) is 5.88 Å². The van der Waals surface area contributed by atoms with E-state index in [1.54, 1.807) is 30.5 Å². The van der Waals surface area contributed by atoms with Crippen molar-refractivity contribution >= 4 is 33.5 Å². The molecular formula is C20H16BrN3O5. The Balaban J connectivity index is 1.58. The zero-order valence-electron chi connectivity index (χ0n) is 15.3. The molecule has 0 aliphatic carbocycles. The molecule has 1 aliphatic rings. The van der Waals surface area contributed by atoms with Crippen LogP contribution >= 0.6 is 15.9 Å².